The Bertz CT molecular complexity index is 1100. The minimum atomic E-state index is -5.07. The molecule has 0 heterocycles. The van der Waals surface area contributed by atoms with Crippen molar-refractivity contribution in [3.63, 3.8) is 0 Å². The number of carbonyl (C=O) groups is 1. The summed E-state index contributed by atoms with van der Waals surface area (Å²) in [4.78, 5) is 7.89. The van der Waals surface area contributed by atoms with E-state index in [0.717, 1.165) is 64.7 Å². The topological polar surface area (TPSA) is 133 Å². The predicted octanol–water partition coefficient (Wildman–Crippen LogP) is 4.17. The molecule has 0 amide bonds. The van der Waals surface area contributed by atoms with Crippen LogP contribution < -0.4 is 10.5 Å². The Hall–Kier alpha value is -1.86. The number of nitrogens with two attached hydrogens (primary N) is 1. The summed E-state index contributed by atoms with van der Waals surface area (Å²) in [7, 11) is -9.81. The lowest BCUT2D eigenvalue weighted by atomic mass is 9.97. The largest absolute Gasteiger partial charge is 0.465 e. The lowest BCUT2D eigenvalue weighted by Crippen LogP contribution is -2.27. The summed E-state index contributed by atoms with van der Waals surface area (Å²) in [5, 5.41) is 7.58. The van der Waals surface area contributed by atoms with Gasteiger partial charge in [0.15, 0.2) is 32.2 Å². The van der Waals surface area contributed by atoms with Crippen LogP contribution in [0.4, 0.5) is 18.9 Å². The quantitative estimate of drug-likeness (QED) is 0.390. The third-order valence-electron chi connectivity index (χ3n) is 5.94. The molecule has 0 radical (unpaired) electrons. The molecule has 1 saturated carbocycles. The van der Waals surface area contributed by atoms with Gasteiger partial charge >= 0.3 is 5.97 Å². The molecule has 1 aliphatic rings. The van der Waals surface area contributed by atoms with Crippen LogP contribution in [0, 0.1) is 17.5 Å². The summed E-state index contributed by atoms with van der Waals surface area (Å²) < 4.78 is 99.0. The maximum absolute atomic E-state index is 15.4. The van der Waals surface area contributed by atoms with Gasteiger partial charge in [0.1, 0.15) is 11.5 Å². The summed E-state index contributed by atoms with van der Waals surface area (Å²) in [6.45, 7) is 0.351. The number of benzene rings is 1. The van der Waals surface area contributed by atoms with E-state index in [9.17, 15) is 26.0 Å². The Balaban J connectivity index is 2.54. The number of primary sulfonamides is 1. The molecule has 0 aliphatic heterocycles. The molecule has 0 atom stereocenters. The van der Waals surface area contributed by atoms with Crippen molar-refractivity contribution in [2.75, 3.05) is 17.7 Å². The second-order valence-electron chi connectivity index (χ2n) is 8.78. The second-order valence-corrected chi connectivity index (χ2v) is 12.3. The van der Waals surface area contributed by atoms with E-state index in [4.69, 9.17) is 5.14 Å². The number of carbonyl (C=O) groups excluding carboxylic acids is 1. The maximum Gasteiger partial charge on any atom is 0.302 e. The van der Waals surface area contributed by atoms with E-state index in [2.05, 4.69) is 10.1 Å². The van der Waals surface area contributed by atoms with E-state index in [1.165, 1.54) is 0 Å². The molecule has 1 fully saturated rings. The van der Waals surface area contributed by atoms with Crippen LogP contribution in [0.15, 0.2) is 9.79 Å². The second kappa shape index (κ2) is 12.9. The molecule has 0 aromatic heterocycles. The molecule has 0 saturated heterocycles. The van der Waals surface area contributed by atoms with Gasteiger partial charge in [-0.3, -0.25) is 4.79 Å². The fourth-order valence-electron chi connectivity index (χ4n) is 4.20. The first-order valence-corrected chi connectivity index (χ1v) is 14.9. The highest BCUT2D eigenvalue weighted by Gasteiger charge is 2.36. The summed E-state index contributed by atoms with van der Waals surface area (Å²) in [5.74, 6) is -7.84. The molecule has 1 aromatic rings. The Labute approximate surface area is 204 Å². The summed E-state index contributed by atoms with van der Waals surface area (Å²) >= 11 is 0. The number of sulfone groups is 1. The van der Waals surface area contributed by atoms with Crippen molar-refractivity contribution in [2.24, 2.45) is 5.14 Å². The average molecular weight is 543 g/mol. The first kappa shape index (κ1) is 29.4. The highest BCUT2D eigenvalue weighted by molar-refractivity contribution is 7.91. The van der Waals surface area contributed by atoms with Crippen molar-refractivity contribution >= 4 is 31.5 Å². The number of hydrogen-bond donors (Lipinski definition) is 2. The zero-order valence-corrected chi connectivity index (χ0v) is 21.4. The van der Waals surface area contributed by atoms with Crippen molar-refractivity contribution in [3.8, 4) is 0 Å². The van der Waals surface area contributed by atoms with E-state index >= 15 is 8.78 Å². The van der Waals surface area contributed by atoms with Gasteiger partial charge in [0.25, 0.3) is 0 Å². The first-order chi connectivity index (χ1) is 16.4. The number of sulfonamides is 1. The Morgan fingerprint density at radius 2 is 1.31 bits per heavy atom. The van der Waals surface area contributed by atoms with Crippen LogP contribution in [0.3, 0.4) is 0 Å². The lowest BCUT2D eigenvalue weighted by molar-refractivity contribution is -0.140. The molecular weight excluding hydrogens is 509 g/mol. The first-order valence-electron chi connectivity index (χ1n) is 11.7. The van der Waals surface area contributed by atoms with Crippen molar-refractivity contribution in [3.05, 3.63) is 17.5 Å². The predicted molar refractivity (Wildman–Crippen MR) is 125 cm³/mol. The molecule has 0 spiro atoms. The molecule has 3 N–H and O–H groups in total. The maximum atomic E-state index is 15.4. The van der Waals surface area contributed by atoms with Crippen molar-refractivity contribution < 1.29 is 39.5 Å². The molecule has 1 aliphatic carbocycles. The Morgan fingerprint density at radius 3 is 1.77 bits per heavy atom. The Kier molecular flexibility index (Phi) is 10.8. The van der Waals surface area contributed by atoms with Crippen LogP contribution in [0.5, 0.6) is 0 Å². The fourth-order valence-corrected chi connectivity index (χ4v) is 6.22. The third-order valence-corrected chi connectivity index (χ3v) is 8.58. The minimum Gasteiger partial charge on any atom is -0.465 e. The molecule has 35 heavy (non-hydrogen) atoms. The van der Waals surface area contributed by atoms with Crippen molar-refractivity contribution in [2.45, 2.75) is 93.4 Å². The summed E-state index contributed by atoms with van der Waals surface area (Å²) in [6, 6.07) is -0.510. The molecular formula is C22H33F3N2O6S2. The standard InChI is InChI=1S/C22H33F3N2O6S2/c1-15(28)33-13-14-34(29,30)22-18(24)17(23)21(35(26,31)32)19(25)20(22)27-16-11-9-7-5-3-2-4-6-8-10-12-16/h16,27H,2-14H2,1H3,(H2,26,31,32). The molecule has 0 unspecified atom stereocenters. The van der Waals surface area contributed by atoms with Gasteiger partial charge in [-0.15, -0.1) is 0 Å². The van der Waals surface area contributed by atoms with Crippen LogP contribution in [0.2, 0.25) is 0 Å². The molecule has 0 bridgehead atoms. The van der Waals surface area contributed by atoms with Crippen LogP contribution in [0.25, 0.3) is 0 Å². The third kappa shape index (κ3) is 8.35. The fraction of sp³-hybridized carbons (Fsp3) is 0.682. The van der Waals surface area contributed by atoms with E-state index in [0.29, 0.717) is 12.8 Å². The minimum absolute atomic E-state index is 0.496. The molecule has 1 aromatic carbocycles. The number of nitrogens with one attached hydrogen (secondary N) is 1. The van der Waals surface area contributed by atoms with Gasteiger partial charge in [-0.25, -0.2) is 35.1 Å². The normalized spacial score (nSPS) is 17.3. The summed E-state index contributed by atoms with van der Waals surface area (Å²) in [5.41, 5.74) is -0.979. The van der Waals surface area contributed by atoms with Gasteiger partial charge in [0.05, 0.1) is 11.4 Å². The molecule has 2 rings (SSSR count). The number of ether oxygens (including phenoxy) is 1. The highest BCUT2D eigenvalue weighted by Crippen LogP contribution is 2.36. The number of anilines is 1. The van der Waals surface area contributed by atoms with E-state index < -0.39 is 77.2 Å². The smallest absolute Gasteiger partial charge is 0.302 e. The SMILES string of the molecule is CC(=O)OCCS(=O)(=O)c1c(F)c(F)c(S(N)(=O)=O)c(F)c1NC1CCCCCCCCCCC1. The van der Waals surface area contributed by atoms with Crippen LogP contribution in [-0.2, 0) is 29.4 Å². The van der Waals surface area contributed by atoms with Gasteiger partial charge in [-0.2, -0.15) is 0 Å². The van der Waals surface area contributed by atoms with Crippen molar-refractivity contribution in [1.82, 2.24) is 0 Å². The molecule has 200 valence electrons. The number of esters is 1. The number of hydrogen-bond acceptors (Lipinski definition) is 7. The van der Waals surface area contributed by atoms with Gasteiger partial charge in [-0.1, -0.05) is 57.8 Å². The lowest BCUT2D eigenvalue weighted by Gasteiger charge is -2.24. The van der Waals surface area contributed by atoms with Gasteiger partial charge in [-0.05, 0) is 12.8 Å². The number of rotatable bonds is 7. The Morgan fingerprint density at radius 1 is 0.857 bits per heavy atom. The van der Waals surface area contributed by atoms with Crippen LogP contribution >= 0.6 is 0 Å². The zero-order chi connectivity index (χ0) is 26.2. The van der Waals surface area contributed by atoms with E-state index in [-0.39, 0.29) is 0 Å². The van der Waals surface area contributed by atoms with Crippen LogP contribution in [0.1, 0.15) is 77.6 Å². The van der Waals surface area contributed by atoms with Gasteiger partial charge < -0.3 is 10.1 Å². The zero-order valence-electron chi connectivity index (χ0n) is 19.7. The number of halogens is 3. The molecule has 13 heteroatoms. The van der Waals surface area contributed by atoms with Gasteiger partial charge in [0, 0.05) is 13.0 Å². The monoisotopic (exact) mass is 542 g/mol. The van der Waals surface area contributed by atoms with E-state index in [1.54, 1.807) is 0 Å². The summed E-state index contributed by atoms with van der Waals surface area (Å²) in [6.07, 6.45) is 9.63. The molecule has 8 nitrogen and oxygen atoms in total. The van der Waals surface area contributed by atoms with Gasteiger partial charge in [0.2, 0.25) is 10.0 Å². The van der Waals surface area contributed by atoms with Crippen molar-refractivity contribution in [1.29, 1.82) is 0 Å². The average Bonchev–Trinajstić information content (AvgIpc) is 2.72. The van der Waals surface area contributed by atoms with Crippen LogP contribution in [-0.4, -0.2) is 41.2 Å². The highest BCUT2D eigenvalue weighted by atomic mass is 32.2. The van der Waals surface area contributed by atoms with E-state index in [1.807, 2.05) is 0 Å².